The summed E-state index contributed by atoms with van der Waals surface area (Å²) in [6.07, 6.45) is 6.62. The average Bonchev–Trinajstić information content (AvgIpc) is 2.80. The molecule has 0 amide bonds. The van der Waals surface area contributed by atoms with E-state index in [9.17, 15) is 0 Å². The Bertz CT molecular complexity index is 888. The molecule has 1 aliphatic heterocycles. The molecule has 3 aromatic rings. The number of hydrogen-bond acceptors (Lipinski definition) is 3. The van der Waals surface area contributed by atoms with Crippen molar-refractivity contribution >= 4 is 5.57 Å². The molecular weight excluding hydrogens is 356 g/mol. The van der Waals surface area contributed by atoms with Crippen molar-refractivity contribution in [2.45, 2.75) is 19.4 Å². The molecule has 0 unspecified atom stereocenters. The lowest BCUT2D eigenvalue weighted by atomic mass is 9.89. The molecule has 0 atom stereocenters. The van der Waals surface area contributed by atoms with Gasteiger partial charge in [-0.15, -0.1) is 0 Å². The highest BCUT2D eigenvalue weighted by Gasteiger charge is 2.20. The van der Waals surface area contributed by atoms with Gasteiger partial charge in [0.1, 0.15) is 0 Å². The van der Waals surface area contributed by atoms with Crippen LogP contribution in [0.3, 0.4) is 0 Å². The maximum atomic E-state index is 5.41. The predicted molar refractivity (Wildman–Crippen MR) is 119 cm³/mol. The SMILES string of the molecule is COc1ncccc1CN1CCC(C=C(c2ccccc2)c2ccccc2)CC1. The van der Waals surface area contributed by atoms with Crippen LogP contribution in [0.1, 0.15) is 29.5 Å². The zero-order chi connectivity index (χ0) is 19.9. The molecule has 1 fully saturated rings. The zero-order valence-corrected chi connectivity index (χ0v) is 17.0. The van der Waals surface area contributed by atoms with E-state index < -0.39 is 0 Å². The Labute approximate surface area is 173 Å². The summed E-state index contributed by atoms with van der Waals surface area (Å²) in [5, 5.41) is 0. The van der Waals surface area contributed by atoms with E-state index in [1.165, 1.54) is 35.1 Å². The minimum absolute atomic E-state index is 0.595. The Hall–Kier alpha value is -2.91. The van der Waals surface area contributed by atoms with Gasteiger partial charge in [-0.2, -0.15) is 0 Å². The van der Waals surface area contributed by atoms with Crippen LogP contribution < -0.4 is 4.74 Å². The van der Waals surface area contributed by atoms with E-state index in [0.29, 0.717) is 5.92 Å². The molecule has 4 rings (SSSR count). The molecule has 0 radical (unpaired) electrons. The van der Waals surface area contributed by atoms with E-state index in [0.717, 1.165) is 25.5 Å². The van der Waals surface area contributed by atoms with Crippen molar-refractivity contribution in [1.82, 2.24) is 9.88 Å². The summed E-state index contributed by atoms with van der Waals surface area (Å²) in [6.45, 7) is 3.09. The van der Waals surface area contributed by atoms with Crippen LogP contribution in [-0.2, 0) is 6.54 Å². The van der Waals surface area contributed by atoms with Crippen LogP contribution in [0.4, 0.5) is 0 Å². The third-order valence-electron chi connectivity index (χ3n) is 5.64. The van der Waals surface area contributed by atoms with Crippen molar-refractivity contribution in [3.05, 3.63) is 102 Å². The van der Waals surface area contributed by atoms with Crippen LogP contribution in [0.25, 0.3) is 5.57 Å². The van der Waals surface area contributed by atoms with E-state index in [1.54, 1.807) is 13.3 Å². The first kappa shape index (κ1) is 19.4. The number of nitrogens with zero attached hydrogens (tertiary/aromatic N) is 2. The van der Waals surface area contributed by atoms with Gasteiger partial charge in [0.25, 0.3) is 0 Å². The normalized spacial score (nSPS) is 15.1. The van der Waals surface area contributed by atoms with Crippen LogP contribution in [0.5, 0.6) is 5.88 Å². The fraction of sp³-hybridized carbons (Fsp3) is 0.269. The number of ether oxygens (including phenoxy) is 1. The van der Waals surface area contributed by atoms with Crippen molar-refractivity contribution in [3.63, 3.8) is 0 Å². The Balaban J connectivity index is 1.47. The molecule has 3 nitrogen and oxygen atoms in total. The first-order chi connectivity index (χ1) is 14.3. The van der Waals surface area contributed by atoms with Crippen LogP contribution in [0.2, 0.25) is 0 Å². The van der Waals surface area contributed by atoms with Gasteiger partial charge in [0.2, 0.25) is 5.88 Å². The van der Waals surface area contributed by atoms with Gasteiger partial charge < -0.3 is 4.74 Å². The summed E-state index contributed by atoms with van der Waals surface area (Å²) in [7, 11) is 1.69. The second kappa shape index (κ2) is 9.53. The smallest absolute Gasteiger partial charge is 0.217 e. The summed E-state index contributed by atoms with van der Waals surface area (Å²) < 4.78 is 5.41. The first-order valence-electron chi connectivity index (χ1n) is 10.4. The van der Waals surface area contributed by atoms with Gasteiger partial charge in [-0.1, -0.05) is 72.8 Å². The van der Waals surface area contributed by atoms with Crippen molar-refractivity contribution < 1.29 is 4.74 Å². The summed E-state index contributed by atoms with van der Waals surface area (Å²) in [5.41, 5.74) is 5.10. The molecule has 1 aromatic heterocycles. The minimum atomic E-state index is 0.595. The number of aromatic nitrogens is 1. The van der Waals surface area contributed by atoms with E-state index in [2.05, 4.69) is 82.7 Å². The van der Waals surface area contributed by atoms with Gasteiger partial charge in [-0.25, -0.2) is 4.98 Å². The molecule has 0 saturated carbocycles. The Morgan fingerprint density at radius 1 is 0.931 bits per heavy atom. The zero-order valence-electron chi connectivity index (χ0n) is 17.0. The number of rotatable bonds is 6. The molecule has 0 N–H and O–H groups in total. The largest absolute Gasteiger partial charge is 0.481 e. The van der Waals surface area contributed by atoms with Crippen molar-refractivity contribution in [3.8, 4) is 5.88 Å². The monoisotopic (exact) mass is 384 g/mol. The number of likely N-dealkylation sites (tertiary alicyclic amines) is 1. The molecule has 0 spiro atoms. The van der Waals surface area contributed by atoms with Gasteiger partial charge >= 0.3 is 0 Å². The third kappa shape index (κ3) is 4.93. The molecule has 3 heteroatoms. The number of piperidine rings is 1. The second-order valence-corrected chi connectivity index (χ2v) is 7.60. The Morgan fingerprint density at radius 3 is 2.14 bits per heavy atom. The molecule has 2 heterocycles. The maximum Gasteiger partial charge on any atom is 0.217 e. The topological polar surface area (TPSA) is 25.4 Å². The molecule has 0 aliphatic carbocycles. The van der Waals surface area contributed by atoms with Crippen molar-refractivity contribution in [2.75, 3.05) is 20.2 Å². The lowest BCUT2D eigenvalue weighted by Gasteiger charge is -2.31. The predicted octanol–water partition coefficient (Wildman–Crippen LogP) is 5.43. The number of benzene rings is 2. The van der Waals surface area contributed by atoms with Gasteiger partial charge in [0.15, 0.2) is 0 Å². The average molecular weight is 385 g/mol. The highest BCUT2D eigenvalue weighted by Crippen LogP contribution is 2.29. The lowest BCUT2D eigenvalue weighted by molar-refractivity contribution is 0.193. The van der Waals surface area contributed by atoms with Crippen molar-refractivity contribution in [1.29, 1.82) is 0 Å². The summed E-state index contributed by atoms with van der Waals surface area (Å²) in [6, 6.07) is 25.6. The fourth-order valence-electron chi connectivity index (χ4n) is 4.08. The summed E-state index contributed by atoms with van der Waals surface area (Å²) >= 11 is 0. The van der Waals surface area contributed by atoms with Gasteiger partial charge in [0.05, 0.1) is 7.11 Å². The number of methoxy groups -OCH3 is 1. The molecule has 1 saturated heterocycles. The summed E-state index contributed by atoms with van der Waals surface area (Å²) in [5.74, 6) is 1.34. The van der Waals surface area contributed by atoms with Crippen LogP contribution >= 0.6 is 0 Å². The molecule has 2 aromatic carbocycles. The highest BCUT2D eigenvalue weighted by atomic mass is 16.5. The standard InChI is InChI=1S/C26H28N2O/c1-29-26-24(13-8-16-27-26)20-28-17-14-21(15-18-28)19-25(22-9-4-2-5-10-22)23-11-6-3-7-12-23/h2-13,16,19,21H,14-15,17-18,20H2,1H3. The molecular formula is C26H28N2O. The van der Waals surface area contributed by atoms with Crippen molar-refractivity contribution in [2.24, 2.45) is 5.92 Å². The first-order valence-corrected chi connectivity index (χ1v) is 10.4. The van der Waals surface area contributed by atoms with Crippen LogP contribution in [0.15, 0.2) is 85.1 Å². The van der Waals surface area contributed by atoms with Gasteiger partial charge in [-0.3, -0.25) is 4.90 Å². The molecule has 29 heavy (non-hydrogen) atoms. The molecule has 0 bridgehead atoms. The van der Waals surface area contributed by atoms with Gasteiger partial charge in [-0.05, 0) is 54.6 Å². The quantitative estimate of drug-likeness (QED) is 0.566. The van der Waals surface area contributed by atoms with E-state index in [-0.39, 0.29) is 0 Å². The second-order valence-electron chi connectivity index (χ2n) is 7.60. The molecule has 1 aliphatic rings. The minimum Gasteiger partial charge on any atom is -0.481 e. The van der Waals surface area contributed by atoms with Crippen LogP contribution in [-0.4, -0.2) is 30.1 Å². The highest BCUT2D eigenvalue weighted by molar-refractivity contribution is 5.79. The van der Waals surface area contributed by atoms with Gasteiger partial charge in [0, 0.05) is 18.3 Å². The number of pyridine rings is 1. The van der Waals surface area contributed by atoms with E-state index >= 15 is 0 Å². The fourth-order valence-corrected chi connectivity index (χ4v) is 4.08. The van der Waals surface area contributed by atoms with E-state index in [1.807, 2.05) is 6.07 Å². The van der Waals surface area contributed by atoms with Crippen LogP contribution in [0, 0.1) is 5.92 Å². The summed E-state index contributed by atoms with van der Waals surface area (Å²) in [4.78, 5) is 6.83. The number of hydrogen-bond donors (Lipinski definition) is 0. The third-order valence-corrected chi connectivity index (χ3v) is 5.64. The Kier molecular flexibility index (Phi) is 6.38. The van der Waals surface area contributed by atoms with E-state index in [4.69, 9.17) is 4.74 Å². The number of allylic oxidation sites excluding steroid dienone is 1. The Morgan fingerprint density at radius 2 is 1.55 bits per heavy atom. The lowest BCUT2D eigenvalue weighted by Crippen LogP contribution is -2.33. The molecule has 148 valence electrons. The maximum absolute atomic E-state index is 5.41.